The lowest BCUT2D eigenvalue weighted by atomic mass is 10.1. The highest BCUT2D eigenvalue weighted by Crippen LogP contribution is 2.12. The van der Waals surface area contributed by atoms with Gasteiger partial charge in [0.2, 0.25) is 0 Å². The second-order valence-electron chi connectivity index (χ2n) is 3.53. The maximum absolute atomic E-state index is 11.6. The molecule has 94 valence electrons. The van der Waals surface area contributed by atoms with Gasteiger partial charge in [-0.2, -0.15) is 0 Å². The average molecular weight is 231 g/mol. The lowest BCUT2D eigenvalue weighted by Gasteiger charge is -2.28. The van der Waals surface area contributed by atoms with Crippen molar-refractivity contribution in [2.45, 2.75) is 46.1 Å². The van der Waals surface area contributed by atoms with Gasteiger partial charge < -0.3 is 14.7 Å². The smallest absolute Gasteiger partial charge is 0.409 e. The van der Waals surface area contributed by atoms with E-state index in [-0.39, 0.29) is 12.5 Å². The summed E-state index contributed by atoms with van der Waals surface area (Å²) in [6, 6.07) is -0.272. The molecule has 0 heterocycles. The zero-order chi connectivity index (χ0) is 12.6. The van der Waals surface area contributed by atoms with Crippen LogP contribution in [-0.2, 0) is 9.53 Å². The predicted octanol–water partition coefficient (Wildman–Crippen LogP) is 2.11. The van der Waals surface area contributed by atoms with Crippen LogP contribution in [0.4, 0.5) is 4.79 Å². The molecule has 0 aromatic carbocycles. The fourth-order valence-corrected chi connectivity index (χ4v) is 1.65. The van der Waals surface area contributed by atoms with Gasteiger partial charge in [-0.1, -0.05) is 13.3 Å². The summed E-state index contributed by atoms with van der Waals surface area (Å²) < 4.78 is 4.90. The zero-order valence-electron chi connectivity index (χ0n) is 10.2. The third-order valence-corrected chi connectivity index (χ3v) is 2.32. The van der Waals surface area contributed by atoms with Gasteiger partial charge in [0.15, 0.2) is 0 Å². The second kappa shape index (κ2) is 7.96. The molecule has 0 saturated heterocycles. The van der Waals surface area contributed by atoms with Crippen LogP contribution < -0.4 is 0 Å². The molecule has 0 aromatic rings. The topological polar surface area (TPSA) is 66.8 Å². The van der Waals surface area contributed by atoms with Gasteiger partial charge in [0.1, 0.15) is 0 Å². The standard InChI is InChI=1S/C11H21NO4/c1-4-7-9(8-10(13)14)12(5-2)11(15)16-6-3/h9H,4-8H2,1-3H3,(H,13,14). The van der Waals surface area contributed by atoms with Crippen molar-refractivity contribution in [3.05, 3.63) is 0 Å². The van der Waals surface area contributed by atoms with E-state index in [1.807, 2.05) is 13.8 Å². The maximum atomic E-state index is 11.6. The van der Waals surface area contributed by atoms with Gasteiger partial charge in [-0.25, -0.2) is 4.79 Å². The maximum Gasteiger partial charge on any atom is 0.409 e. The van der Waals surface area contributed by atoms with Crippen LogP contribution in [0.25, 0.3) is 0 Å². The van der Waals surface area contributed by atoms with Crippen LogP contribution in [0.1, 0.15) is 40.0 Å². The van der Waals surface area contributed by atoms with E-state index in [4.69, 9.17) is 9.84 Å². The van der Waals surface area contributed by atoms with E-state index in [0.717, 1.165) is 6.42 Å². The van der Waals surface area contributed by atoms with Crippen molar-refractivity contribution in [2.24, 2.45) is 0 Å². The van der Waals surface area contributed by atoms with Crippen molar-refractivity contribution in [3.8, 4) is 0 Å². The summed E-state index contributed by atoms with van der Waals surface area (Å²) in [4.78, 5) is 23.8. The average Bonchev–Trinajstić information content (AvgIpc) is 2.18. The number of nitrogens with zero attached hydrogens (tertiary/aromatic N) is 1. The summed E-state index contributed by atoms with van der Waals surface area (Å²) in [5.41, 5.74) is 0. The number of aliphatic carboxylic acids is 1. The van der Waals surface area contributed by atoms with Crippen LogP contribution >= 0.6 is 0 Å². The minimum absolute atomic E-state index is 0.0273. The van der Waals surface area contributed by atoms with E-state index in [1.54, 1.807) is 6.92 Å². The monoisotopic (exact) mass is 231 g/mol. The highest BCUT2D eigenvalue weighted by atomic mass is 16.6. The summed E-state index contributed by atoms with van der Waals surface area (Å²) in [5.74, 6) is -0.888. The summed E-state index contributed by atoms with van der Waals surface area (Å²) in [5, 5.41) is 8.79. The van der Waals surface area contributed by atoms with Gasteiger partial charge in [-0.05, 0) is 20.3 Å². The molecular weight excluding hydrogens is 210 g/mol. The van der Waals surface area contributed by atoms with E-state index < -0.39 is 12.1 Å². The number of hydrogen-bond donors (Lipinski definition) is 1. The molecule has 1 unspecified atom stereocenters. The molecule has 0 bridgehead atoms. The molecule has 0 aliphatic carbocycles. The quantitative estimate of drug-likeness (QED) is 0.728. The Morgan fingerprint density at radius 1 is 1.31 bits per heavy atom. The fourth-order valence-electron chi connectivity index (χ4n) is 1.65. The second-order valence-corrected chi connectivity index (χ2v) is 3.53. The molecule has 0 spiro atoms. The van der Waals surface area contributed by atoms with Crippen molar-refractivity contribution in [3.63, 3.8) is 0 Å². The number of carboxylic acid groups (broad SMARTS) is 1. The largest absolute Gasteiger partial charge is 0.481 e. The van der Waals surface area contributed by atoms with E-state index in [9.17, 15) is 9.59 Å². The van der Waals surface area contributed by atoms with Gasteiger partial charge in [0, 0.05) is 12.6 Å². The number of carbonyl (C=O) groups is 2. The molecule has 0 saturated carbocycles. The fraction of sp³-hybridized carbons (Fsp3) is 0.818. The van der Waals surface area contributed by atoms with Crippen LogP contribution in [0.3, 0.4) is 0 Å². The van der Waals surface area contributed by atoms with Crippen LogP contribution in [0.5, 0.6) is 0 Å². The molecule has 1 amide bonds. The third kappa shape index (κ3) is 5.00. The Hall–Kier alpha value is -1.26. The van der Waals surface area contributed by atoms with Gasteiger partial charge in [0.05, 0.1) is 13.0 Å². The van der Waals surface area contributed by atoms with Gasteiger partial charge in [-0.15, -0.1) is 0 Å². The first-order valence-corrected chi connectivity index (χ1v) is 5.71. The van der Waals surface area contributed by atoms with Crippen molar-refractivity contribution >= 4 is 12.1 Å². The summed E-state index contributed by atoms with van der Waals surface area (Å²) in [6.45, 7) is 6.30. The molecule has 0 rings (SSSR count). The van der Waals surface area contributed by atoms with Crippen molar-refractivity contribution in [1.82, 2.24) is 4.90 Å². The van der Waals surface area contributed by atoms with E-state index >= 15 is 0 Å². The molecule has 0 fully saturated rings. The molecule has 5 heteroatoms. The Bertz CT molecular complexity index is 230. The van der Waals surface area contributed by atoms with Crippen molar-refractivity contribution < 1.29 is 19.4 Å². The minimum Gasteiger partial charge on any atom is -0.481 e. The lowest BCUT2D eigenvalue weighted by molar-refractivity contribution is -0.138. The summed E-state index contributed by atoms with van der Waals surface area (Å²) in [7, 11) is 0. The van der Waals surface area contributed by atoms with E-state index in [0.29, 0.717) is 19.6 Å². The van der Waals surface area contributed by atoms with Gasteiger partial charge in [-0.3, -0.25) is 4.79 Å². The first-order chi connectivity index (χ1) is 7.56. The number of carboxylic acids is 1. The molecular formula is C11H21NO4. The van der Waals surface area contributed by atoms with Crippen LogP contribution in [0.2, 0.25) is 0 Å². The highest BCUT2D eigenvalue weighted by Gasteiger charge is 2.24. The third-order valence-electron chi connectivity index (χ3n) is 2.32. The summed E-state index contributed by atoms with van der Waals surface area (Å²) >= 11 is 0. The molecule has 0 aromatic heterocycles. The number of ether oxygens (including phenoxy) is 1. The molecule has 16 heavy (non-hydrogen) atoms. The molecule has 0 aliphatic heterocycles. The van der Waals surface area contributed by atoms with Crippen molar-refractivity contribution in [2.75, 3.05) is 13.2 Å². The molecule has 5 nitrogen and oxygen atoms in total. The Balaban J connectivity index is 4.55. The summed E-state index contributed by atoms with van der Waals surface area (Å²) in [6.07, 6.45) is 1.07. The first-order valence-electron chi connectivity index (χ1n) is 5.71. The Kier molecular flexibility index (Phi) is 7.33. The number of rotatable bonds is 7. The Morgan fingerprint density at radius 3 is 2.31 bits per heavy atom. The van der Waals surface area contributed by atoms with Crippen molar-refractivity contribution in [1.29, 1.82) is 0 Å². The molecule has 0 aliphatic rings. The number of amides is 1. The van der Waals surface area contributed by atoms with Gasteiger partial charge in [0.25, 0.3) is 0 Å². The van der Waals surface area contributed by atoms with Gasteiger partial charge >= 0.3 is 12.1 Å². The minimum atomic E-state index is -0.888. The van der Waals surface area contributed by atoms with E-state index in [2.05, 4.69) is 0 Å². The van der Waals surface area contributed by atoms with Crippen LogP contribution in [0, 0.1) is 0 Å². The van der Waals surface area contributed by atoms with Crippen LogP contribution in [-0.4, -0.2) is 41.3 Å². The highest BCUT2D eigenvalue weighted by molar-refractivity contribution is 5.71. The normalized spacial score (nSPS) is 11.9. The van der Waals surface area contributed by atoms with Crippen LogP contribution in [0.15, 0.2) is 0 Å². The zero-order valence-corrected chi connectivity index (χ0v) is 10.2. The lowest BCUT2D eigenvalue weighted by Crippen LogP contribution is -2.41. The van der Waals surface area contributed by atoms with E-state index in [1.165, 1.54) is 4.90 Å². The number of carbonyl (C=O) groups excluding carboxylic acids is 1. The predicted molar refractivity (Wildman–Crippen MR) is 60.4 cm³/mol. The SMILES string of the molecule is CCCC(CC(=O)O)N(CC)C(=O)OCC. The molecule has 1 N–H and O–H groups in total. The molecule has 1 atom stereocenters. The number of hydrogen-bond acceptors (Lipinski definition) is 3. The Morgan fingerprint density at radius 2 is 1.94 bits per heavy atom. The molecule has 0 radical (unpaired) electrons. The Labute approximate surface area is 96.4 Å². The first kappa shape index (κ1) is 14.7.